The van der Waals surface area contributed by atoms with Crippen LogP contribution < -0.4 is 0 Å². The minimum atomic E-state index is -0.586. The third-order valence-electron chi connectivity index (χ3n) is 2.56. The van der Waals surface area contributed by atoms with E-state index in [9.17, 15) is 8.78 Å². The van der Waals surface area contributed by atoms with Crippen LogP contribution in [-0.2, 0) is 6.54 Å². The molecule has 0 aliphatic carbocycles. The zero-order valence-electron chi connectivity index (χ0n) is 10.1. The van der Waals surface area contributed by atoms with Gasteiger partial charge in [-0.15, -0.1) is 5.16 Å². The Hall–Kier alpha value is -1.08. The fourth-order valence-corrected chi connectivity index (χ4v) is 4.22. The summed E-state index contributed by atoms with van der Waals surface area (Å²) in [5, 5.41) is 11.6. The van der Waals surface area contributed by atoms with Gasteiger partial charge in [0.05, 0.1) is 17.5 Å². The predicted octanol–water partition coefficient (Wildman–Crippen LogP) is 3.52. The number of benzene rings is 1. The van der Waals surface area contributed by atoms with Crippen LogP contribution in [0.1, 0.15) is 12.5 Å². The van der Waals surface area contributed by atoms with Gasteiger partial charge in [0.1, 0.15) is 16.0 Å². The Bertz CT molecular complexity index is 516. The van der Waals surface area contributed by atoms with Crippen molar-refractivity contribution in [1.82, 2.24) is 0 Å². The largest absolute Gasteiger partial charge is 0.411 e. The molecule has 2 rings (SSSR count). The molecular formula is C12H12F2N2OS2. The van der Waals surface area contributed by atoms with Crippen molar-refractivity contribution in [2.24, 2.45) is 10.1 Å². The molecule has 1 aromatic carbocycles. The predicted molar refractivity (Wildman–Crippen MR) is 76.2 cm³/mol. The van der Waals surface area contributed by atoms with Gasteiger partial charge >= 0.3 is 0 Å². The first-order valence-corrected chi connectivity index (χ1v) is 7.32. The van der Waals surface area contributed by atoms with E-state index in [1.807, 2.05) is 6.92 Å². The molecule has 102 valence electrons. The van der Waals surface area contributed by atoms with Gasteiger partial charge < -0.3 is 5.21 Å². The summed E-state index contributed by atoms with van der Waals surface area (Å²) in [7, 11) is 0. The zero-order chi connectivity index (χ0) is 13.9. The molecule has 1 N–H and O–H groups in total. The Kier molecular flexibility index (Phi) is 4.46. The summed E-state index contributed by atoms with van der Waals surface area (Å²) < 4.78 is 27.3. The monoisotopic (exact) mass is 302 g/mol. The van der Waals surface area contributed by atoms with Gasteiger partial charge in [-0.2, -0.15) is 0 Å². The fourth-order valence-electron chi connectivity index (χ4n) is 1.55. The van der Waals surface area contributed by atoms with Crippen molar-refractivity contribution in [3.05, 3.63) is 35.4 Å². The molecule has 1 fully saturated rings. The molecule has 1 heterocycles. The second-order valence-corrected chi connectivity index (χ2v) is 6.98. The Morgan fingerprint density at radius 3 is 2.74 bits per heavy atom. The number of aliphatic imine (C=N–C) groups is 1. The van der Waals surface area contributed by atoms with Crippen molar-refractivity contribution < 1.29 is 14.0 Å². The number of halogens is 2. The Morgan fingerprint density at radius 1 is 1.42 bits per heavy atom. The SMILES string of the molecule is C[C@@]1(C=NO)CSC(=NCc2c(F)cccc2F)S1. The number of rotatable bonds is 3. The molecule has 3 nitrogen and oxygen atoms in total. The third-order valence-corrected chi connectivity index (χ3v) is 5.49. The Morgan fingerprint density at radius 2 is 2.11 bits per heavy atom. The summed E-state index contributed by atoms with van der Waals surface area (Å²) >= 11 is 2.91. The van der Waals surface area contributed by atoms with Gasteiger partial charge in [-0.25, -0.2) is 8.78 Å². The Labute approximate surface area is 118 Å². The van der Waals surface area contributed by atoms with Crippen molar-refractivity contribution in [2.45, 2.75) is 18.2 Å². The van der Waals surface area contributed by atoms with Crippen LogP contribution in [0.4, 0.5) is 8.78 Å². The van der Waals surface area contributed by atoms with E-state index < -0.39 is 11.6 Å². The number of nitrogens with zero attached hydrogens (tertiary/aromatic N) is 2. The lowest BCUT2D eigenvalue weighted by atomic mass is 10.2. The highest BCUT2D eigenvalue weighted by Gasteiger charge is 2.33. The zero-order valence-corrected chi connectivity index (χ0v) is 11.8. The number of thioether (sulfide) groups is 2. The van der Waals surface area contributed by atoms with E-state index in [2.05, 4.69) is 10.1 Å². The van der Waals surface area contributed by atoms with Gasteiger partial charge in [0.2, 0.25) is 0 Å². The van der Waals surface area contributed by atoms with Gasteiger partial charge in [-0.3, -0.25) is 4.99 Å². The second kappa shape index (κ2) is 5.92. The van der Waals surface area contributed by atoms with E-state index in [1.165, 1.54) is 47.9 Å². The van der Waals surface area contributed by atoms with Crippen LogP contribution in [0.2, 0.25) is 0 Å². The molecule has 1 aliphatic heterocycles. The standard InChI is InChI=1S/C12H12F2N2OS2/c1-12(6-16-17)7-18-11(19-12)15-5-8-9(13)3-2-4-10(8)14/h2-4,6,17H,5,7H2,1H3/t12-/m1/s1. The molecule has 0 amide bonds. The molecule has 0 spiro atoms. The van der Waals surface area contributed by atoms with E-state index in [0.717, 1.165) is 4.38 Å². The highest BCUT2D eigenvalue weighted by atomic mass is 32.2. The van der Waals surface area contributed by atoms with E-state index in [-0.39, 0.29) is 16.9 Å². The highest BCUT2D eigenvalue weighted by molar-refractivity contribution is 8.42. The average Bonchev–Trinajstić information content (AvgIpc) is 2.71. The summed E-state index contributed by atoms with van der Waals surface area (Å²) in [6.45, 7) is 1.89. The second-order valence-electron chi connectivity index (χ2n) is 4.23. The van der Waals surface area contributed by atoms with Crippen molar-refractivity contribution >= 4 is 34.1 Å². The minimum absolute atomic E-state index is 0.0272. The molecule has 1 aliphatic rings. The van der Waals surface area contributed by atoms with Crippen molar-refractivity contribution in [2.75, 3.05) is 5.75 Å². The molecule has 19 heavy (non-hydrogen) atoms. The van der Waals surface area contributed by atoms with Crippen molar-refractivity contribution in [3.63, 3.8) is 0 Å². The molecule has 0 radical (unpaired) electrons. The summed E-state index contributed by atoms with van der Waals surface area (Å²) in [5.74, 6) is -0.464. The van der Waals surface area contributed by atoms with Crippen molar-refractivity contribution in [3.8, 4) is 0 Å². The van der Waals surface area contributed by atoms with E-state index >= 15 is 0 Å². The normalized spacial score (nSPS) is 25.5. The summed E-state index contributed by atoms with van der Waals surface area (Å²) in [4.78, 5) is 4.21. The van der Waals surface area contributed by atoms with Gasteiger partial charge in [0.25, 0.3) is 0 Å². The van der Waals surface area contributed by atoms with E-state index in [0.29, 0.717) is 5.75 Å². The summed E-state index contributed by atoms with van der Waals surface area (Å²) in [6.07, 6.45) is 1.44. The lowest BCUT2D eigenvalue weighted by Crippen LogP contribution is -2.21. The van der Waals surface area contributed by atoms with Gasteiger partial charge in [0, 0.05) is 11.3 Å². The van der Waals surface area contributed by atoms with Crippen LogP contribution in [0, 0.1) is 11.6 Å². The van der Waals surface area contributed by atoms with Crippen LogP contribution in [0.25, 0.3) is 0 Å². The molecule has 0 aromatic heterocycles. The van der Waals surface area contributed by atoms with Gasteiger partial charge in [-0.05, 0) is 19.1 Å². The molecule has 0 unspecified atom stereocenters. The van der Waals surface area contributed by atoms with Gasteiger partial charge in [-0.1, -0.05) is 29.6 Å². The maximum absolute atomic E-state index is 13.4. The summed E-state index contributed by atoms with van der Waals surface area (Å²) in [5.41, 5.74) is -0.0272. The van der Waals surface area contributed by atoms with Gasteiger partial charge in [0.15, 0.2) is 0 Å². The minimum Gasteiger partial charge on any atom is -0.411 e. The van der Waals surface area contributed by atoms with E-state index in [1.54, 1.807) is 0 Å². The molecule has 7 heteroatoms. The van der Waals surface area contributed by atoms with Crippen LogP contribution in [0.15, 0.2) is 28.3 Å². The first-order chi connectivity index (χ1) is 9.04. The number of oxime groups is 1. The molecule has 0 bridgehead atoms. The van der Waals surface area contributed by atoms with Crippen molar-refractivity contribution in [1.29, 1.82) is 0 Å². The maximum atomic E-state index is 13.4. The fraction of sp³-hybridized carbons (Fsp3) is 0.333. The van der Waals surface area contributed by atoms with Crippen LogP contribution in [0.3, 0.4) is 0 Å². The third kappa shape index (κ3) is 3.48. The first-order valence-electron chi connectivity index (χ1n) is 5.52. The van der Waals surface area contributed by atoms with Crippen LogP contribution >= 0.6 is 23.5 Å². The first kappa shape index (κ1) is 14.3. The van der Waals surface area contributed by atoms with E-state index in [4.69, 9.17) is 5.21 Å². The number of hydrogen-bond acceptors (Lipinski definition) is 5. The van der Waals surface area contributed by atoms with Crippen LogP contribution in [-0.4, -0.2) is 26.3 Å². The molecular weight excluding hydrogens is 290 g/mol. The quantitative estimate of drug-likeness (QED) is 0.528. The lowest BCUT2D eigenvalue weighted by Gasteiger charge is -2.12. The average molecular weight is 302 g/mol. The summed E-state index contributed by atoms with van der Waals surface area (Å²) in [6, 6.07) is 3.77. The maximum Gasteiger partial charge on any atom is 0.131 e. The topological polar surface area (TPSA) is 45.0 Å². The Balaban J connectivity index is 2.09. The molecule has 1 saturated heterocycles. The molecule has 0 saturated carbocycles. The lowest BCUT2D eigenvalue weighted by molar-refractivity contribution is 0.320. The number of hydrogen-bond donors (Lipinski definition) is 1. The smallest absolute Gasteiger partial charge is 0.131 e. The van der Waals surface area contributed by atoms with Crippen LogP contribution in [0.5, 0.6) is 0 Å². The highest BCUT2D eigenvalue weighted by Crippen LogP contribution is 2.40. The molecule has 1 atom stereocenters. The molecule has 1 aromatic rings.